The molecule has 3 N–H and O–H groups in total. The van der Waals surface area contributed by atoms with Crippen molar-refractivity contribution in [3.8, 4) is 11.3 Å². The van der Waals surface area contributed by atoms with Gasteiger partial charge in [0.25, 0.3) is 0 Å². The van der Waals surface area contributed by atoms with Crippen LogP contribution in [-0.4, -0.2) is 32.8 Å². The first kappa shape index (κ1) is 24.3. The number of hydrogen-bond donors (Lipinski definition) is 3. The average Bonchev–Trinajstić information content (AvgIpc) is 3.45. The van der Waals surface area contributed by atoms with E-state index < -0.39 is 6.04 Å². The second-order valence-electron chi connectivity index (χ2n) is 8.92. The van der Waals surface area contributed by atoms with E-state index in [9.17, 15) is 14.4 Å². The fraction of sp³-hybridized carbons (Fsp3) is 0.321. The standard InChI is InChI=1S/C28H32N4O3/c1-20(33)10-4-2-7-15-25(32-19-18-30-28(32)35)27(34)29-17-16-23-22-13-8-9-14-24(22)31-26(23)21-11-5-3-6-12-21/h3,5-6,8-9,11-14,18-19,25,31H,2,4,7,10,15-17H2,1H3,(H,29,34)(H,30,35)/t25-/m0/s1. The quantitative estimate of drug-likeness (QED) is 0.259. The summed E-state index contributed by atoms with van der Waals surface area (Å²) in [4.78, 5) is 42.7. The van der Waals surface area contributed by atoms with E-state index in [0.29, 0.717) is 25.8 Å². The Morgan fingerprint density at radius 2 is 1.77 bits per heavy atom. The fourth-order valence-electron chi connectivity index (χ4n) is 4.60. The summed E-state index contributed by atoms with van der Waals surface area (Å²) in [5, 5.41) is 4.20. The van der Waals surface area contributed by atoms with Crippen LogP contribution in [0.3, 0.4) is 0 Å². The van der Waals surface area contributed by atoms with Crippen molar-refractivity contribution in [2.75, 3.05) is 6.54 Å². The average molecular weight is 473 g/mol. The number of aromatic amines is 2. The minimum absolute atomic E-state index is 0.167. The van der Waals surface area contributed by atoms with Crippen molar-refractivity contribution in [1.29, 1.82) is 0 Å². The molecule has 7 nitrogen and oxygen atoms in total. The molecule has 2 aromatic heterocycles. The molecule has 0 aliphatic rings. The Kier molecular flexibility index (Phi) is 7.98. The predicted molar refractivity (Wildman–Crippen MR) is 138 cm³/mol. The molecule has 1 atom stereocenters. The molecule has 0 aliphatic carbocycles. The summed E-state index contributed by atoms with van der Waals surface area (Å²) in [6, 6.07) is 17.8. The Bertz CT molecular complexity index is 1330. The third kappa shape index (κ3) is 5.98. The number of amides is 1. The molecule has 0 saturated heterocycles. The highest BCUT2D eigenvalue weighted by Gasteiger charge is 2.22. The number of hydrogen-bond acceptors (Lipinski definition) is 3. The number of nitrogens with zero attached hydrogens (tertiary/aromatic N) is 1. The van der Waals surface area contributed by atoms with E-state index in [-0.39, 0.29) is 17.4 Å². The van der Waals surface area contributed by atoms with Gasteiger partial charge in [-0.15, -0.1) is 0 Å². The van der Waals surface area contributed by atoms with Crippen LogP contribution in [0.15, 0.2) is 71.8 Å². The van der Waals surface area contributed by atoms with Crippen LogP contribution in [0.25, 0.3) is 22.2 Å². The number of Topliss-reactive ketones (excluding diaryl/α,β-unsaturated/α-hetero) is 1. The van der Waals surface area contributed by atoms with Crippen LogP contribution in [0.5, 0.6) is 0 Å². The monoisotopic (exact) mass is 472 g/mol. The Morgan fingerprint density at radius 1 is 1.00 bits per heavy atom. The largest absolute Gasteiger partial charge is 0.354 e. The van der Waals surface area contributed by atoms with E-state index in [1.807, 2.05) is 30.3 Å². The Hall–Kier alpha value is -3.87. The molecule has 4 aromatic rings. The van der Waals surface area contributed by atoms with E-state index in [0.717, 1.165) is 47.0 Å². The smallest absolute Gasteiger partial charge is 0.326 e. The van der Waals surface area contributed by atoms with Crippen LogP contribution in [0.2, 0.25) is 0 Å². The van der Waals surface area contributed by atoms with Crippen LogP contribution in [0.4, 0.5) is 0 Å². The molecule has 0 saturated carbocycles. The second-order valence-corrected chi connectivity index (χ2v) is 8.92. The summed E-state index contributed by atoms with van der Waals surface area (Å²) in [5.74, 6) is 0.00710. The summed E-state index contributed by atoms with van der Waals surface area (Å²) in [7, 11) is 0. The van der Waals surface area contributed by atoms with E-state index in [1.54, 1.807) is 19.3 Å². The van der Waals surface area contributed by atoms with Gasteiger partial charge in [0.15, 0.2) is 0 Å². The number of carbonyl (C=O) groups is 2. The van der Waals surface area contributed by atoms with Crippen LogP contribution < -0.4 is 11.0 Å². The first-order valence-corrected chi connectivity index (χ1v) is 12.2. The van der Waals surface area contributed by atoms with Gasteiger partial charge in [-0.3, -0.25) is 9.36 Å². The second kappa shape index (κ2) is 11.5. The minimum Gasteiger partial charge on any atom is -0.354 e. The molecule has 2 heterocycles. The van der Waals surface area contributed by atoms with Crippen molar-refractivity contribution in [1.82, 2.24) is 19.9 Å². The molecule has 0 unspecified atom stereocenters. The normalized spacial score (nSPS) is 12.0. The Labute approximate surface area is 204 Å². The van der Waals surface area contributed by atoms with Gasteiger partial charge in [0.2, 0.25) is 5.91 Å². The summed E-state index contributed by atoms with van der Waals surface area (Å²) in [6.07, 6.45) is 7.34. The molecule has 0 spiro atoms. The van der Waals surface area contributed by atoms with Crippen molar-refractivity contribution < 1.29 is 9.59 Å². The summed E-state index contributed by atoms with van der Waals surface area (Å²) < 4.78 is 1.46. The third-order valence-corrected chi connectivity index (χ3v) is 6.37. The number of H-pyrrole nitrogens is 2. The lowest BCUT2D eigenvalue weighted by molar-refractivity contribution is -0.124. The SMILES string of the molecule is CC(=O)CCCCC[C@@H](C(=O)NCCc1c(-c2ccccc2)[nH]c2ccccc12)n1cc[nH]c1=O. The van der Waals surface area contributed by atoms with Crippen LogP contribution >= 0.6 is 0 Å². The third-order valence-electron chi connectivity index (χ3n) is 6.37. The van der Waals surface area contributed by atoms with Gasteiger partial charge in [-0.2, -0.15) is 0 Å². The number of nitrogens with one attached hydrogen (secondary N) is 3. The molecule has 0 radical (unpaired) electrons. The highest BCUT2D eigenvalue weighted by atomic mass is 16.2. The summed E-state index contributed by atoms with van der Waals surface area (Å²) >= 11 is 0. The maximum Gasteiger partial charge on any atom is 0.326 e. The number of benzene rings is 2. The molecule has 7 heteroatoms. The number of fused-ring (bicyclic) bond motifs is 1. The topological polar surface area (TPSA) is 99.8 Å². The molecule has 0 aliphatic heterocycles. The highest BCUT2D eigenvalue weighted by Crippen LogP contribution is 2.30. The number of aromatic nitrogens is 3. The first-order valence-electron chi connectivity index (χ1n) is 12.2. The maximum absolute atomic E-state index is 13.2. The lowest BCUT2D eigenvalue weighted by Crippen LogP contribution is -2.37. The van der Waals surface area contributed by atoms with Gasteiger partial charge in [-0.1, -0.05) is 61.4 Å². The van der Waals surface area contributed by atoms with Gasteiger partial charge in [-0.05, 0) is 43.4 Å². The van der Waals surface area contributed by atoms with E-state index in [1.165, 1.54) is 4.57 Å². The molecule has 2 aromatic carbocycles. The van der Waals surface area contributed by atoms with Gasteiger partial charge in [0, 0.05) is 42.0 Å². The van der Waals surface area contributed by atoms with E-state index in [4.69, 9.17) is 0 Å². The molecular formula is C28H32N4O3. The van der Waals surface area contributed by atoms with Gasteiger partial charge < -0.3 is 20.1 Å². The van der Waals surface area contributed by atoms with Crippen LogP contribution in [0.1, 0.15) is 50.6 Å². The number of ketones is 1. The first-order chi connectivity index (χ1) is 17.0. The number of para-hydroxylation sites is 1. The predicted octanol–water partition coefficient (Wildman–Crippen LogP) is 4.76. The molecule has 0 fully saturated rings. The zero-order valence-electron chi connectivity index (χ0n) is 20.0. The molecule has 182 valence electrons. The number of carbonyl (C=O) groups excluding carboxylic acids is 2. The van der Waals surface area contributed by atoms with Gasteiger partial charge >= 0.3 is 5.69 Å². The highest BCUT2D eigenvalue weighted by molar-refractivity contribution is 5.91. The Balaban J connectivity index is 1.45. The van der Waals surface area contributed by atoms with Gasteiger partial charge in [0.1, 0.15) is 11.8 Å². The fourth-order valence-corrected chi connectivity index (χ4v) is 4.60. The molecular weight excluding hydrogens is 440 g/mol. The van der Waals surface area contributed by atoms with Gasteiger partial charge in [0.05, 0.1) is 0 Å². The summed E-state index contributed by atoms with van der Waals surface area (Å²) in [5.41, 5.74) is 4.09. The zero-order valence-corrected chi connectivity index (χ0v) is 20.0. The van der Waals surface area contributed by atoms with E-state index in [2.05, 4.69) is 39.6 Å². The molecule has 1 amide bonds. The lowest BCUT2D eigenvalue weighted by Gasteiger charge is -2.18. The van der Waals surface area contributed by atoms with Crippen molar-refractivity contribution in [2.45, 2.75) is 51.5 Å². The van der Waals surface area contributed by atoms with Gasteiger partial charge in [-0.25, -0.2) is 4.79 Å². The van der Waals surface area contributed by atoms with Crippen molar-refractivity contribution in [3.63, 3.8) is 0 Å². The van der Waals surface area contributed by atoms with Crippen LogP contribution in [-0.2, 0) is 16.0 Å². The Morgan fingerprint density at radius 3 is 2.51 bits per heavy atom. The van der Waals surface area contributed by atoms with Crippen molar-refractivity contribution >= 4 is 22.6 Å². The van der Waals surface area contributed by atoms with Crippen LogP contribution in [0, 0.1) is 0 Å². The lowest BCUT2D eigenvalue weighted by atomic mass is 10.0. The maximum atomic E-state index is 13.2. The van der Waals surface area contributed by atoms with Crippen molar-refractivity contribution in [3.05, 3.63) is 83.0 Å². The zero-order chi connectivity index (χ0) is 24.6. The molecule has 35 heavy (non-hydrogen) atoms. The number of unbranched alkanes of at least 4 members (excludes halogenated alkanes) is 2. The molecule has 4 rings (SSSR count). The molecule has 0 bridgehead atoms. The van der Waals surface area contributed by atoms with E-state index >= 15 is 0 Å². The minimum atomic E-state index is -0.581. The van der Waals surface area contributed by atoms with Crippen molar-refractivity contribution in [2.24, 2.45) is 0 Å². The number of imidazole rings is 1. The number of rotatable bonds is 12. The summed E-state index contributed by atoms with van der Waals surface area (Å²) in [6.45, 7) is 2.05.